The van der Waals surface area contributed by atoms with E-state index >= 15 is 0 Å². The van der Waals surface area contributed by atoms with Gasteiger partial charge in [0.15, 0.2) is 11.5 Å². The number of hydrogen-bond acceptors (Lipinski definition) is 4. The van der Waals surface area contributed by atoms with E-state index in [1.807, 2.05) is 0 Å². The lowest BCUT2D eigenvalue weighted by atomic mass is 10.0. The third-order valence-electron chi connectivity index (χ3n) is 3.86. The molecule has 0 bridgehead atoms. The minimum Gasteiger partial charge on any atom is -0.495 e. The molecule has 0 spiro atoms. The van der Waals surface area contributed by atoms with Crippen LogP contribution < -0.4 is 19.5 Å². The standard InChI is InChI=1S/C15H20ClNO3/c1-18-14-11(8-10-4-2-5-17-10)15-13(9-12(14)16)19-6-3-7-20-15/h9-10,17H,2-8H2,1H3. The summed E-state index contributed by atoms with van der Waals surface area (Å²) in [6.45, 7) is 2.41. The third-order valence-corrected chi connectivity index (χ3v) is 4.14. The van der Waals surface area contributed by atoms with Crippen LogP contribution in [-0.4, -0.2) is 32.9 Å². The number of nitrogens with one attached hydrogen (secondary N) is 1. The number of methoxy groups -OCH3 is 1. The Bertz CT molecular complexity index is 486. The van der Waals surface area contributed by atoms with E-state index in [9.17, 15) is 0 Å². The van der Waals surface area contributed by atoms with Crippen molar-refractivity contribution in [3.05, 3.63) is 16.7 Å². The minimum atomic E-state index is 0.457. The molecule has 20 heavy (non-hydrogen) atoms. The van der Waals surface area contributed by atoms with Crippen molar-refractivity contribution in [3.8, 4) is 17.2 Å². The van der Waals surface area contributed by atoms with Gasteiger partial charge in [-0.25, -0.2) is 0 Å². The number of benzene rings is 1. The van der Waals surface area contributed by atoms with E-state index in [0.717, 1.165) is 36.4 Å². The quantitative estimate of drug-likeness (QED) is 0.931. The maximum absolute atomic E-state index is 6.32. The maximum Gasteiger partial charge on any atom is 0.168 e. The molecule has 0 amide bonds. The van der Waals surface area contributed by atoms with Crippen LogP contribution in [0, 0.1) is 0 Å². The highest BCUT2D eigenvalue weighted by molar-refractivity contribution is 6.32. The molecule has 1 fully saturated rings. The lowest BCUT2D eigenvalue weighted by Crippen LogP contribution is -2.24. The van der Waals surface area contributed by atoms with Gasteiger partial charge in [-0.2, -0.15) is 0 Å². The fourth-order valence-electron chi connectivity index (χ4n) is 2.91. The molecule has 0 saturated carbocycles. The topological polar surface area (TPSA) is 39.7 Å². The Labute approximate surface area is 124 Å². The molecule has 3 rings (SSSR count). The summed E-state index contributed by atoms with van der Waals surface area (Å²) in [4.78, 5) is 0. The van der Waals surface area contributed by atoms with Crippen molar-refractivity contribution in [3.63, 3.8) is 0 Å². The predicted octanol–water partition coefficient (Wildman–Crippen LogP) is 2.80. The molecule has 2 aliphatic rings. The highest BCUT2D eigenvalue weighted by Crippen LogP contribution is 2.44. The molecule has 1 atom stereocenters. The number of ether oxygens (including phenoxy) is 3. The van der Waals surface area contributed by atoms with Crippen molar-refractivity contribution < 1.29 is 14.2 Å². The Hall–Kier alpha value is -1.13. The average molecular weight is 298 g/mol. The van der Waals surface area contributed by atoms with Gasteiger partial charge in [0.25, 0.3) is 0 Å². The summed E-state index contributed by atoms with van der Waals surface area (Å²) in [6.07, 6.45) is 4.13. The molecule has 0 radical (unpaired) electrons. The SMILES string of the molecule is COc1c(Cl)cc2c(c1CC1CCCN1)OCCCO2. The molecular formula is C15H20ClNO3. The second-order valence-electron chi connectivity index (χ2n) is 5.25. The van der Waals surface area contributed by atoms with Gasteiger partial charge in [0.05, 0.1) is 25.3 Å². The molecule has 1 unspecified atom stereocenters. The van der Waals surface area contributed by atoms with E-state index < -0.39 is 0 Å². The maximum atomic E-state index is 6.32. The molecule has 1 aromatic carbocycles. The van der Waals surface area contributed by atoms with Crippen LogP contribution >= 0.6 is 11.6 Å². The van der Waals surface area contributed by atoms with Crippen LogP contribution in [0.4, 0.5) is 0 Å². The predicted molar refractivity (Wildman–Crippen MR) is 78.3 cm³/mol. The smallest absolute Gasteiger partial charge is 0.168 e. The van der Waals surface area contributed by atoms with Gasteiger partial charge in [-0.15, -0.1) is 0 Å². The van der Waals surface area contributed by atoms with Gasteiger partial charge >= 0.3 is 0 Å². The normalized spacial score (nSPS) is 21.6. The van der Waals surface area contributed by atoms with Gasteiger partial charge in [0.1, 0.15) is 5.75 Å². The molecule has 1 N–H and O–H groups in total. The molecule has 4 nitrogen and oxygen atoms in total. The Kier molecular flexibility index (Phi) is 4.22. The first-order valence-electron chi connectivity index (χ1n) is 7.18. The van der Waals surface area contributed by atoms with Crippen LogP contribution in [0.15, 0.2) is 6.07 Å². The van der Waals surface area contributed by atoms with E-state index in [1.54, 1.807) is 13.2 Å². The van der Waals surface area contributed by atoms with E-state index in [-0.39, 0.29) is 0 Å². The monoisotopic (exact) mass is 297 g/mol. The summed E-state index contributed by atoms with van der Waals surface area (Å²) in [6, 6.07) is 2.26. The lowest BCUT2D eigenvalue weighted by Gasteiger charge is -2.20. The van der Waals surface area contributed by atoms with Crippen molar-refractivity contribution in [2.45, 2.75) is 31.7 Å². The van der Waals surface area contributed by atoms with Crippen LogP contribution in [0.1, 0.15) is 24.8 Å². The summed E-state index contributed by atoms with van der Waals surface area (Å²) in [5.41, 5.74) is 1.02. The zero-order valence-corrected chi connectivity index (χ0v) is 12.5. The zero-order chi connectivity index (χ0) is 13.9. The van der Waals surface area contributed by atoms with Crippen molar-refractivity contribution >= 4 is 11.6 Å². The van der Waals surface area contributed by atoms with E-state index in [4.69, 9.17) is 25.8 Å². The van der Waals surface area contributed by atoms with Gasteiger partial charge in [-0.1, -0.05) is 11.6 Å². The molecule has 0 aliphatic carbocycles. The minimum absolute atomic E-state index is 0.457. The van der Waals surface area contributed by atoms with Crippen LogP contribution in [0.25, 0.3) is 0 Å². The van der Waals surface area contributed by atoms with E-state index in [1.165, 1.54) is 12.8 Å². The van der Waals surface area contributed by atoms with Crippen LogP contribution in [-0.2, 0) is 6.42 Å². The van der Waals surface area contributed by atoms with Gasteiger partial charge in [-0.3, -0.25) is 0 Å². The first-order valence-corrected chi connectivity index (χ1v) is 7.55. The first-order chi connectivity index (χ1) is 9.79. The van der Waals surface area contributed by atoms with Gasteiger partial charge in [0, 0.05) is 24.1 Å². The fraction of sp³-hybridized carbons (Fsp3) is 0.600. The second-order valence-corrected chi connectivity index (χ2v) is 5.65. The zero-order valence-electron chi connectivity index (χ0n) is 11.7. The summed E-state index contributed by atoms with van der Waals surface area (Å²) in [7, 11) is 1.65. The average Bonchev–Trinajstić information content (AvgIpc) is 2.83. The molecule has 0 aromatic heterocycles. The number of halogens is 1. The number of fused-ring (bicyclic) bond motifs is 1. The summed E-state index contributed by atoms with van der Waals surface area (Å²) < 4.78 is 17.1. The summed E-state index contributed by atoms with van der Waals surface area (Å²) >= 11 is 6.32. The third kappa shape index (κ3) is 2.67. The van der Waals surface area contributed by atoms with Crippen LogP contribution in [0.3, 0.4) is 0 Å². The van der Waals surface area contributed by atoms with Gasteiger partial charge in [-0.05, 0) is 25.8 Å². The van der Waals surface area contributed by atoms with Gasteiger partial charge < -0.3 is 19.5 Å². The second kappa shape index (κ2) is 6.10. The molecular weight excluding hydrogens is 278 g/mol. The molecule has 5 heteroatoms. The van der Waals surface area contributed by atoms with Crippen molar-refractivity contribution in [1.29, 1.82) is 0 Å². The van der Waals surface area contributed by atoms with Crippen LogP contribution in [0.2, 0.25) is 5.02 Å². The van der Waals surface area contributed by atoms with Crippen LogP contribution in [0.5, 0.6) is 17.2 Å². The van der Waals surface area contributed by atoms with Crippen molar-refractivity contribution in [2.24, 2.45) is 0 Å². The number of rotatable bonds is 3. The lowest BCUT2D eigenvalue weighted by molar-refractivity contribution is 0.295. The Morgan fingerprint density at radius 3 is 2.95 bits per heavy atom. The summed E-state index contributed by atoms with van der Waals surface area (Å²) in [5.74, 6) is 2.25. The first kappa shape index (κ1) is 13.8. The molecule has 2 heterocycles. The Balaban J connectivity index is 2.00. The molecule has 2 aliphatic heterocycles. The summed E-state index contributed by atoms with van der Waals surface area (Å²) in [5, 5.41) is 4.09. The fourth-order valence-corrected chi connectivity index (χ4v) is 3.20. The largest absolute Gasteiger partial charge is 0.495 e. The Morgan fingerprint density at radius 1 is 1.35 bits per heavy atom. The molecule has 1 saturated heterocycles. The van der Waals surface area contributed by atoms with E-state index in [0.29, 0.717) is 30.0 Å². The Morgan fingerprint density at radius 2 is 2.20 bits per heavy atom. The van der Waals surface area contributed by atoms with E-state index in [2.05, 4.69) is 5.32 Å². The van der Waals surface area contributed by atoms with Gasteiger partial charge in [0.2, 0.25) is 0 Å². The number of hydrogen-bond donors (Lipinski definition) is 1. The molecule has 110 valence electrons. The molecule has 1 aromatic rings. The van der Waals surface area contributed by atoms with Crippen molar-refractivity contribution in [1.82, 2.24) is 5.32 Å². The highest BCUT2D eigenvalue weighted by Gasteiger charge is 2.25. The highest BCUT2D eigenvalue weighted by atomic mass is 35.5. The van der Waals surface area contributed by atoms with Crippen molar-refractivity contribution in [2.75, 3.05) is 26.9 Å².